The first-order valence-electron chi connectivity index (χ1n) is 7.49. The normalized spacial score (nSPS) is 11.3. The maximum atomic E-state index is 12.1. The van der Waals surface area contributed by atoms with E-state index in [0.29, 0.717) is 12.1 Å². The zero-order valence-corrected chi connectivity index (χ0v) is 14.1. The predicted molar refractivity (Wildman–Crippen MR) is 92.6 cm³/mol. The van der Waals surface area contributed by atoms with E-state index < -0.39 is 0 Å². The van der Waals surface area contributed by atoms with Crippen LogP contribution >= 0.6 is 11.6 Å². The molecule has 0 aliphatic carbocycles. The van der Waals surface area contributed by atoms with E-state index in [4.69, 9.17) is 11.6 Å². The van der Waals surface area contributed by atoms with Crippen molar-refractivity contribution in [1.82, 2.24) is 5.32 Å². The summed E-state index contributed by atoms with van der Waals surface area (Å²) in [4.78, 5) is 12.1. The van der Waals surface area contributed by atoms with Gasteiger partial charge in [0.2, 0.25) is 0 Å². The smallest absolute Gasteiger partial charge is 0.251 e. The summed E-state index contributed by atoms with van der Waals surface area (Å²) in [6.45, 7) is 7.10. The van der Waals surface area contributed by atoms with Gasteiger partial charge in [-0.1, -0.05) is 56.6 Å². The van der Waals surface area contributed by atoms with Gasteiger partial charge < -0.3 is 5.32 Å². The maximum Gasteiger partial charge on any atom is 0.251 e. The minimum Gasteiger partial charge on any atom is -0.352 e. The van der Waals surface area contributed by atoms with E-state index in [-0.39, 0.29) is 11.3 Å². The van der Waals surface area contributed by atoms with Gasteiger partial charge in [-0.15, -0.1) is 0 Å². The van der Waals surface area contributed by atoms with Crippen LogP contribution in [0.1, 0.15) is 42.3 Å². The van der Waals surface area contributed by atoms with Crippen LogP contribution in [-0.4, -0.2) is 12.5 Å². The van der Waals surface area contributed by atoms with Gasteiger partial charge >= 0.3 is 0 Å². The van der Waals surface area contributed by atoms with Crippen molar-refractivity contribution in [1.29, 1.82) is 0 Å². The molecule has 0 aliphatic heterocycles. The fraction of sp³-hybridized carbons (Fsp3) is 0.316. The Balaban J connectivity index is 1.88. The van der Waals surface area contributed by atoms with Gasteiger partial charge in [0, 0.05) is 17.1 Å². The van der Waals surface area contributed by atoms with Gasteiger partial charge in [-0.05, 0) is 47.2 Å². The van der Waals surface area contributed by atoms with Crippen molar-refractivity contribution in [2.75, 3.05) is 6.54 Å². The molecular formula is C19H22ClNO. The summed E-state index contributed by atoms with van der Waals surface area (Å²) < 4.78 is 0. The Morgan fingerprint density at radius 3 is 2.14 bits per heavy atom. The molecular weight excluding hydrogens is 294 g/mol. The molecule has 0 spiro atoms. The van der Waals surface area contributed by atoms with Crippen molar-refractivity contribution < 1.29 is 4.79 Å². The van der Waals surface area contributed by atoms with E-state index >= 15 is 0 Å². The number of benzene rings is 2. The summed E-state index contributed by atoms with van der Waals surface area (Å²) in [7, 11) is 0. The summed E-state index contributed by atoms with van der Waals surface area (Å²) in [6.07, 6.45) is 0.795. The van der Waals surface area contributed by atoms with E-state index in [9.17, 15) is 4.79 Å². The molecule has 2 aromatic rings. The SMILES string of the molecule is CC(C)(C)c1ccc(C(=O)NCCc2ccc(Cl)cc2)cc1. The third kappa shape index (κ3) is 4.60. The first-order valence-corrected chi connectivity index (χ1v) is 7.87. The zero-order valence-electron chi connectivity index (χ0n) is 13.3. The zero-order chi connectivity index (χ0) is 16.2. The molecule has 0 radical (unpaired) electrons. The van der Waals surface area contributed by atoms with Crippen LogP contribution in [0.5, 0.6) is 0 Å². The largest absolute Gasteiger partial charge is 0.352 e. The van der Waals surface area contributed by atoms with Gasteiger partial charge in [0.25, 0.3) is 5.91 Å². The standard InChI is InChI=1S/C19H22ClNO/c1-19(2,3)16-8-6-15(7-9-16)18(22)21-13-12-14-4-10-17(20)11-5-14/h4-11H,12-13H2,1-3H3,(H,21,22). The van der Waals surface area contributed by atoms with Gasteiger partial charge in [0.1, 0.15) is 0 Å². The number of carbonyl (C=O) groups is 1. The van der Waals surface area contributed by atoms with Crippen LogP contribution in [0, 0.1) is 0 Å². The number of rotatable bonds is 4. The van der Waals surface area contributed by atoms with Crippen molar-refractivity contribution in [3.63, 3.8) is 0 Å². The highest BCUT2D eigenvalue weighted by atomic mass is 35.5. The molecule has 0 unspecified atom stereocenters. The van der Waals surface area contributed by atoms with Crippen molar-refractivity contribution in [3.05, 3.63) is 70.2 Å². The second-order valence-electron chi connectivity index (χ2n) is 6.46. The van der Waals surface area contributed by atoms with Crippen LogP contribution in [0.3, 0.4) is 0 Å². The highest BCUT2D eigenvalue weighted by Gasteiger charge is 2.14. The molecule has 0 atom stereocenters. The van der Waals surface area contributed by atoms with Crippen molar-refractivity contribution in [2.45, 2.75) is 32.6 Å². The van der Waals surface area contributed by atoms with E-state index in [0.717, 1.165) is 17.0 Å². The Hall–Kier alpha value is -1.80. The highest BCUT2D eigenvalue weighted by molar-refractivity contribution is 6.30. The van der Waals surface area contributed by atoms with Crippen LogP contribution in [0.25, 0.3) is 0 Å². The number of halogens is 1. The predicted octanol–water partition coefficient (Wildman–Crippen LogP) is 4.61. The quantitative estimate of drug-likeness (QED) is 0.877. The van der Waals surface area contributed by atoms with Gasteiger partial charge in [-0.3, -0.25) is 4.79 Å². The van der Waals surface area contributed by atoms with Crippen molar-refractivity contribution >= 4 is 17.5 Å². The minimum absolute atomic E-state index is 0.0329. The molecule has 2 rings (SSSR count). The fourth-order valence-corrected chi connectivity index (χ4v) is 2.32. The molecule has 0 saturated carbocycles. The molecule has 0 bridgehead atoms. The summed E-state index contributed by atoms with van der Waals surface area (Å²) in [6, 6.07) is 15.5. The second kappa shape index (κ2) is 6.97. The maximum absolute atomic E-state index is 12.1. The van der Waals surface area contributed by atoms with E-state index in [1.54, 1.807) is 0 Å². The van der Waals surface area contributed by atoms with Crippen LogP contribution in [0.4, 0.5) is 0 Å². The molecule has 2 aromatic carbocycles. The Bertz CT molecular complexity index is 624. The lowest BCUT2D eigenvalue weighted by Crippen LogP contribution is -2.25. The summed E-state index contributed by atoms with van der Waals surface area (Å²) in [5, 5.41) is 3.68. The number of hydrogen-bond acceptors (Lipinski definition) is 1. The minimum atomic E-state index is -0.0329. The van der Waals surface area contributed by atoms with Crippen molar-refractivity contribution in [3.8, 4) is 0 Å². The molecule has 1 amide bonds. The topological polar surface area (TPSA) is 29.1 Å². The van der Waals surface area contributed by atoms with Gasteiger partial charge in [0.05, 0.1) is 0 Å². The monoisotopic (exact) mass is 315 g/mol. The highest BCUT2D eigenvalue weighted by Crippen LogP contribution is 2.22. The molecule has 2 nitrogen and oxygen atoms in total. The second-order valence-corrected chi connectivity index (χ2v) is 6.90. The Morgan fingerprint density at radius 2 is 1.59 bits per heavy atom. The molecule has 116 valence electrons. The van der Waals surface area contributed by atoms with Crippen LogP contribution < -0.4 is 5.32 Å². The van der Waals surface area contributed by atoms with Crippen LogP contribution in [0.15, 0.2) is 48.5 Å². The Labute approximate surface area is 137 Å². The molecule has 3 heteroatoms. The first-order chi connectivity index (χ1) is 10.4. The van der Waals surface area contributed by atoms with Crippen molar-refractivity contribution in [2.24, 2.45) is 0 Å². The fourth-order valence-electron chi connectivity index (χ4n) is 2.20. The molecule has 0 saturated heterocycles. The summed E-state index contributed by atoms with van der Waals surface area (Å²) in [5.41, 5.74) is 3.19. The van der Waals surface area contributed by atoms with Gasteiger partial charge in [-0.2, -0.15) is 0 Å². The molecule has 22 heavy (non-hydrogen) atoms. The summed E-state index contributed by atoms with van der Waals surface area (Å²) in [5.74, 6) is -0.0329. The summed E-state index contributed by atoms with van der Waals surface area (Å²) >= 11 is 5.85. The molecule has 1 N–H and O–H groups in total. The van der Waals surface area contributed by atoms with Crippen LogP contribution in [-0.2, 0) is 11.8 Å². The lowest BCUT2D eigenvalue weighted by Gasteiger charge is -2.19. The van der Waals surface area contributed by atoms with E-state index in [2.05, 4.69) is 26.1 Å². The average molecular weight is 316 g/mol. The third-order valence-electron chi connectivity index (χ3n) is 3.63. The number of hydrogen-bond donors (Lipinski definition) is 1. The number of carbonyl (C=O) groups excluding carboxylic acids is 1. The van der Waals surface area contributed by atoms with E-state index in [1.807, 2.05) is 48.5 Å². The lowest BCUT2D eigenvalue weighted by atomic mass is 9.87. The molecule has 0 heterocycles. The number of amides is 1. The third-order valence-corrected chi connectivity index (χ3v) is 3.88. The van der Waals surface area contributed by atoms with Gasteiger partial charge in [0.15, 0.2) is 0 Å². The average Bonchev–Trinajstić information content (AvgIpc) is 2.48. The molecule has 0 aliphatic rings. The first kappa shape index (κ1) is 16.6. The van der Waals surface area contributed by atoms with Crippen LogP contribution in [0.2, 0.25) is 5.02 Å². The molecule has 0 fully saturated rings. The molecule has 0 aromatic heterocycles. The Morgan fingerprint density at radius 1 is 1.00 bits per heavy atom. The lowest BCUT2D eigenvalue weighted by molar-refractivity contribution is 0.0954. The number of nitrogens with one attached hydrogen (secondary N) is 1. The van der Waals surface area contributed by atoms with Gasteiger partial charge in [-0.25, -0.2) is 0 Å². The van der Waals surface area contributed by atoms with E-state index in [1.165, 1.54) is 5.56 Å². The Kier molecular flexibility index (Phi) is 5.25.